The number of aromatic nitrogens is 2. The fraction of sp³-hybridized carbons (Fsp3) is 0.533. The first-order chi connectivity index (χ1) is 9.24. The third kappa shape index (κ3) is 2.65. The highest BCUT2D eigenvalue weighted by Gasteiger charge is 2.20. The Kier molecular flexibility index (Phi) is 3.53. The van der Waals surface area contributed by atoms with Crippen molar-refractivity contribution >= 4 is 11.0 Å². The summed E-state index contributed by atoms with van der Waals surface area (Å²) in [5.41, 5.74) is 9.68. The average Bonchev–Trinajstić information content (AvgIpc) is 2.79. The van der Waals surface area contributed by atoms with Crippen LogP contribution in [0.2, 0.25) is 0 Å². The highest BCUT2D eigenvalue weighted by atomic mass is 15.0. The van der Waals surface area contributed by atoms with E-state index in [-0.39, 0.29) is 0 Å². The first kappa shape index (κ1) is 12.6. The summed E-state index contributed by atoms with van der Waals surface area (Å²) in [6, 6.07) is 7.25. The molecule has 3 rings (SSSR count). The minimum Gasteiger partial charge on any atom is -0.334 e. The summed E-state index contributed by atoms with van der Waals surface area (Å²) in [5.74, 6) is 0. The molecule has 0 bridgehead atoms. The second-order valence-electron chi connectivity index (χ2n) is 5.61. The number of fused-ring (bicyclic) bond motifs is 1. The summed E-state index contributed by atoms with van der Waals surface area (Å²) in [5, 5.41) is 3.60. The molecular weight excluding hydrogens is 236 g/mol. The number of nitrogens with zero attached hydrogens (tertiary/aromatic N) is 2. The molecule has 4 heteroatoms. The number of benzene rings is 1. The Balaban J connectivity index is 1.67. The maximum absolute atomic E-state index is 6.16. The van der Waals surface area contributed by atoms with Crippen molar-refractivity contribution in [3.63, 3.8) is 0 Å². The van der Waals surface area contributed by atoms with E-state index in [2.05, 4.69) is 28.5 Å². The maximum Gasteiger partial charge on any atom is 0.0955 e. The highest BCUT2D eigenvalue weighted by Crippen LogP contribution is 2.18. The number of nitrogens with one attached hydrogen (secondary N) is 1. The third-order valence-electron chi connectivity index (χ3n) is 4.18. The van der Waals surface area contributed by atoms with Crippen molar-refractivity contribution < 1.29 is 0 Å². The molecule has 0 aliphatic heterocycles. The second kappa shape index (κ2) is 5.31. The van der Waals surface area contributed by atoms with Crippen LogP contribution in [0.1, 0.15) is 31.2 Å². The molecule has 0 spiro atoms. The summed E-state index contributed by atoms with van der Waals surface area (Å²) in [6.07, 6.45) is 6.78. The number of rotatable bonds is 3. The van der Waals surface area contributed by atoms with Crippen LogP contribution in [0.5, 0.6) is 0 Å². The SMILES string of the molecule is Cn1cnc2cc(CNC3CCCCC3N)ccc21. The fourth-order valence-electron chi connectivity index (χ4n) is 2.95. The topological polar surface area (TPSA) is 55.9 Å². The van der Waals surface area contributed by atoms with Crippen molar-refractivity contribution in [1.82, 2.24) is 14.9 Å². The van der Waals surface area contributed by atoms with Gasteiger partial charge in [0.15, 0.2) is 0 Å². The van der Waals surface area contributed by atoms with Gasteiger partial charge < -0.3 is 15.6 Å². The lowest BCUT2D eigenvalue weighted by atomic mass is 9.91. The summed E-state index contributed by atoms with van der Waals surface area (Å²) < 4.78 is 2.05. The number of imidazole rings is 1. The van der Waals surface area contributed by atoms with Gasteiger partial charge in [-0.15, -0.1) is 0 Å². The monoisotopic (exact) mass is 258 g/mol. The lowest BCUT2D eigenvalue weighted by molar-refractivity contribution is 0.326. The first-order valence-electron chi connectivity index (χ1n) is 7.13. The van der Waals surface area contributed by atoms with Gasteiger partial charge in [-0.3, -0.25) is 0 Å². The van der Waals surface area contributed by atoms with Gasteiger partial charge in [0, 0.05) is 25.7 Å². The van der Waals surface area contributed by atoms with E-state index in [0.29, 0.717) is 12.1 Å². The molecule has 1 aliphatic carbocycles. The molecule has 2 aromatic rings. The lowest BCUT2D eigenvalue weighted by Gasteiger charge is -2.29. The van der Waals surface area contributed by atoms with Gasteiger partial charge in [-0.05, 0) is 30.5 Å². The predicted molar refractivity (Wildman–Crippen MR) is 77.8 cm³/mol. The predicted octanol–water partition coefficient (Wildman–Crippen LogP) is 1.93. The number of hydrogen-bond donors (Lipinski definition) is 2. The standard InChI is InChI=1S/C15H22N4/c1-19-10-18-14-8-11(6-7-15(14)19)9-17-13-5-3-2-4-12(13)16/h6-8,10,12-13,17H,2-5,9,16H2,1H3. The van der Waals surface area contributed by atoms with Crippen molar-refractivity contribution in [1.29, 1.82) is 0 Å². The third-order valence-corrected chi connectivity index (χ3v) is 4.18. The smallest absolute Gasteiger partial charge is 0.0955 e. The molecule has 1 saturated carbocycles. The molecule has 1 aromatic carbocycles. The van der Waals surface area contributed by atoms with E-state index in [9.17, 15) is 0 Å². The van der Waals surface area contributed by atoms with Gasteiger partial charge in [0.2, 0.25) is 0 Å². The quantitative estimate of drug-likeness (QED) is 0.884. The summed E-state index contributed by atoms with van der Waals surface area (Å²) in [6.45, 7) is 0.880. The van der Waals surface area contributed by atoms with E-state index in [1.54, 1.807) is 0 Å². The molecule has 3 N–H and O–H groups in total. The second-order valence-corrected chi connectivity index (χ2v) is 5.61. The zero-order valence-electron chi connectivity index (χ0n) is 11.5. The molecule has 1 heterocycles. The van der Waals surface area contributed by atoms with E-state index in [4.69, 9.17) is 5.73 Å². The maximum atomic E-state index is 6.16. The molecule has 0 radical (unpaired) electrons. The summed E-state index contributed by atoms with van der Waals surface area (Å²) >= 11 is 0. The minimum atomic E-state index is 0.312. The van der Waals surface area contributed by atoms with Crippen LogP contribution in [-0.2, 0) is 13.6 Å². The van der Waals surface area contributed by atoms with Gasteiger partial charge in [-0.2, -0.15) is 0 Å². The number of nitrogens with two attached hydrogens (primary N) is 1. The first-order valence-corrected chi connectivity index (χ1v) is 7.13. The normalized spacial score (nSPS) is 23.9. The van der Waals surface area contributed by atoms with Crippen LogP contribution in [0.3, 0.4) is 0 Å². The summed E-state index contributed by atoms with van der Waals surface area (Å²) in [4.78, 5) is 4.40. The van der Waals surface area contributed by atoms with Crippen molar-refractivity contribution in [2.75, 3.05) is 0 Å². The van der Waals surface area contributed by atoms with E-state index in [0.717, 1.165) is 18.5 Å². The molecule has 2 unspecified atom stereocenters. The highest BCUT2D eigenvalue weighted by molar-refractivity contribution is 5.75. The van der Waals surface area contributed by atoms with Crippen molar-refractivity contribution in [2.45, 2.75) is 44.3 Å². The van der Waals surface area contributed by atoms with E-state index in [1.807, 2.05) is 17.9 Å². The molecule has 19 heavy (non-hydrogen) atoms. The van der Waals surface area contributed by atoms with Crippen LogP contribution in [-0.4, -0.2) is 21.6 Å². The molecule has 2 atom stereocenters. The Morgan fingerprint density at radius 3 is 3.05 bits per heavy atom. The van der Waals surface area contributed by atoms with Gasteiger partial charge in [0.1, 0.15) is 0 Å². The van der Waals surface area contributed by atoms with E-state index in [1.165, 1.54) is 30.3 Å². The Morgan fingerprint density at radius 2 is 2.21 bits per heavy atom. The molecule has 0 amide bonds. The van der Waals surface area contributed by atoms with Gasteiger partial charge in [-0.25, -0.2) is 4.98 Å². The molecule has 1 fully saturated rings. The van der Waals surface area contributed by atoms with Crippen molar-refractivity contribution in [3.8, 4) is 0 Å². The lowest BCUT2D eigenvalue weighted by Crippen LogP contribution is -2.46. The van der Waals surface area contributed by atoms with Crippen LogP contribution >= 0.6 is 0 Å². The molecule has 102 valence electrons. The van der Waals surface area contributed by atoms with Crippen LogP contribution in [0.4, 0.5) is 0 Å². The largest absolute Gasteiger partial charge is 0.334 e. The van der Waals surface area contributed by atoms with Crippen LogP contribution < -0.4 is 11.1 Å². The van der Waals surface area contributed by atoms with Gasteiger partial charge >= 0.3 is 0 Å². The zero-order valence-corrected chi connectivity index (χ0v) is 11.5. The van der Waals surface area contributed by atoms with Crippen LogP contribution in [0, 0.1) is 0 Å². The molecule has 1 aromatic heterocycles. The Labute approximate surface area is 114 Å². The van der Waals surface area contributed by atoms with E-state index >= 15 is 0 Å². The Bertz CT molecular complexity index is 560. The summed E-state index contributed by atoms with van der Waals surface area (Å²) in [7, 11) is 2.02. The van der Waals surface area contributed by atoms with Crippen molar-refractivity contribution in [3.05, 3.63) is 30.1 Å². The van der Waals surface area contributed by atoms with Gasteiger partial charge in [-0.1, -0.05) is 18.9 Å². The minimum absolute atomic E-state index is 0.312. The molecule has 0 saturated heterocycles. The molecule has 4 nitrogen and oxygen atoms in total. The Morgan fingerprint density at radius 1 is 1.37 bits per heavy atom. The van der Waals surface area contributed by atoms with Crippen LogP contribution in [0.25, 0.3) is 11.0 Å². The van der Waals surface area contributed by atoms with Crippen molar-refractivity contribution in [2.24, 2.45) is 12.8 Å². The Hall–Kier alpha value is -1.39. The molecular formula is C15H22N4. The zero-order chi connectivity index (χ0) is 13.2. The van der Waals surface area contributed by atoms with Crippen LogP contribution in [0.15, 0.2) is 24.5 Å². The number of hydrogen-bond acceptors (Lipinski definition) is 3. The number of aryl methyl sites for hydroxylation is 1. The molecule has 1 aliphatic rings. The van der Waals surface area contributed by atoms with Gasteiger partial charge in [0.25, 0.3) is 0 Å². The fourth-order valence-corrected chi connectivity index (χ4v) is 2.95. The van der Waals surface area contributed by atoms with Gasteiger partial charge in [0.05, 0.1) is 17.4 Å². The van der Waals surface area contributed by atoms with E-state index < -0.39 is 0 Å². The average molecular weight is 258 g/mol.